The Kier molecular flexibility index (Phi) is 4.42. The zero-order valence-electron chi connectivity index (χ0n) is 10.9. The molecule has 102 valence electrons. The smallest absolute Gasteiger partial charge is 0.230 e. The minimum absolute atomic E-state index is 0.00376. The van der Waals surface area contributed by atoms with Gasteiger partial charge in [-0.1, -0.05) is 15.9 Å². The van der Waals surface area contributed by atoms with Crippen molar-refractivity contribution in [1.29, 1.82) is 0 Å². The highest BCUT2D eigenvalue weighted by molar-refractivity contribution is 9.09. The molecule has 0 fully saturated rings. The van der Waals surface area contributed by atoms with Crippen molar-refractivity contribution in [3.8, 4) is 5.75 Å². The average molecular weight is 326 g/mol. The predicted octanol–water partition coefficient (Wildman–Crippen LogP) is 1.64. The second-order valence-electron chi connectivity index (χ2n) is 4.25. The van der Waals surface area contributed by atoms with Crippen molar-refractivity contribution >= 4 is 32.9 Å². The van der Waals surface area contributed by atoms with Gasteiger partial charge in [0.1, 0.15) is 11.4 Å². The van der Waals surface area contributed by atoms with Gasteiger partial charge in [-0.2, -0.15) is 0 Å². The van der Waals surface area contributed by atoms with E-state index in [0.29, 0.717) is 11.9 Å². The third kappa shape index (κ3) is 3.07. The van der Waals surface area contributed by atoms with E-state index in [1.54, 1.807) is 13.3 Å². The molecule has 2 rings (SSSR count). The van der Waals surface area contributed by atoms with E-state index in [1.807, 2.05) is 23.9 Å². The molecule has 6 heteroatoms. The molecule has 0 bridgehead atoms. The van der Waals surface area contributed by atoms with Crippen LogP contribution < -0.4 is 10.1 Å². The minimum atomic E-state index is -0.00376. The normalized spacial score (nSPS) is 10.7. The van der Waals surface area contributed by atoms with E-state index in [1.165, 1.54) is 0 Å². The van der Waals surface area contributed by atoms with Gasteiger partial charge >= 0.3 is 0 Å². The number of hydrogen-bond acceptors (Lipinski definition) is 3. The maximum Gasteiger partial charge on any atom is 0.230 e. The van der Waals surface area contributed by atoms with E-state index in [9.17, 15) is 4.79 Å². The van der Waals surface area contributed by atoms with Crippen molar-refractivity contribution in [1.82, 2.24) is 14.9 Å². The molecule has 2 aromatic heterocycles. The molecule has 0 aliphatic carbocycles. The summed E-state index contributed by atoms with van der Waals surface area (Å²) in [5.41, 5.74) is 2.07. The maximum atomic E-state index is 11.2. The highest BCUT2D eigenvalue weighted by Crippen LogP contribution is 2.23. The van der Waals surface area contributed by atoms with E-state index < -0.39 is 0 Å². The summed E-state index contributed by atoms with van der Waals surface area (Å²) in [6.07, 6.45) is 4.51. The number of carbonyl (C=O) groups excluding carboxylic acids is 1. The number of nitrogens with zero attached hydrogens (tertiary/aromatic N) is 2. The molecule has 0 aliphatic heterocycles. The topological polar surface area (TPSA) is 56.1 Å². The number of ether oxygens (including phenoxy) is 1. The van der Waals surface area contributed by atoms with Crippen LogP contribution in [0.25, 0.3) is 11.0 Å². The summed E-state index contributed by atoms with van der Waals surface area (Å²) >= 11 is 3.12. The highest BCUT2D eigenvalue weighted by atomic mass is 79.9. The molecule has 0 aromatic carbocycles. The zero-order valence-corrected chi connectivity index (χ0v) is 12.5. The minimum Gasteiger partial charge on any atom is -0.495 e. The van der Waals surface area contributed by atoms with Crippen LogP contribution in [0.4, 0.5) is 0 Å². The van der Waals surface area contributed by atoms with Gasteiger partial charge in [0, 0.05) is 25.2 Å². The first-order chi connectivity index (χ1) is 9.15. The summed E-state index contributed by atoms with van der Waals surface area (Å²) in [4.78, 5) is 15.6. The van der Waals surface area contributed by atoms with E-state index in [0.717, 1.165) is 28.8 Å². The molecule has 0 saturated heterocycles. The molecular weight excluding hydrogens is 310 g/mol. The number of pyridine rings is 1. The lowest BCUT2D eigenvalue weighted by atomic mass is 10.1. The number of carbonyl (C=O) groups is 1. The van der Waals surface area contributed by atoms with Gasteiger partial charge in [0.15, 0.2) is 0 Å². The van der Waals surface area contributed by atoms with Gasteiger partial charge in [0.2, 0.25) is 5.91 Å². The van der Waals surface area contributed by atoms with Crippen molar-refractivity contribution in [2.24, 2.45) is 7.05 Å². The molecule has 0 spiro atoms. The third-order valence-corrected chi connectivity index (χ3v) is 3.45. The van der Waals surface area contributed by atoms with E-state index in [4.69, 9.17) is 4.74 Å². The standard InChI is InChI=1S/C13H16BrN3O2/c1-17-8-9(3-4-15-12(18)6-14)11-5-10(19-2)7-16-13(11)17/h5,7-8H,3-4,6H2,1-2H3,(H,15,18). The first kappa shape index (κ1) is 13.9. The van der Waals surface area contributed by atoms with Gasteiger partial charge in [-0.15, -0.1) is 0 Å². The number of alkyl halides is 1. The van der Waals surface area contributed by atoms with E-state index >= 15 is 0 Å². The maximum absolute atomic E-state index is 11.2. The van der Waals surface area contributed by atoms with Crippen LogP contribution in [-0.4, -0.2) is 34.4 Å². The summed E-state index contributed by atoms with van der Waals surface area (Å²) in [5.74, 6) is 0.736. The number of halogens is 1. The van der Waals surface area contributed by atoms with Crippen molar-refractivity contribution < 1.29 is 9.53 Å². The van der Waals surface area contributed by atoms with E-state index in [2.05, 4.69) is 26.2 Å². The lowest BCUT2D eigenvalue weighted by Crippen LogP contribution is -2.26. The summed E-state index contributed by atoms with van der Waals surface area (Å²) < 4.78 is 7.18. The number of rotatable bonds is 5. The van der Waals surface area contributed by atoms with Crippen LogP contribution >= 0.6 is 15.9 Å². The molecule has 5 nitrogen and oxygen atoms in total. The van der Waals surface area contributed by atoms with Crippen molar-refractivity contribution in [3.63, 3.8) is 0 Å². The zero-order chi connectivity index (χ0) is 13.8. The number of amides is 1. The molecule has 0 saturated carbocycles. The predicted molar refractivity (Wildman–Crippen MR) is 77.8 cm³/mol. The van der Waals surface area contributed by atoms with Crippen molar-refractivity contribution in [2.45, 2.75) is 6.42 Å². The van der Waals surface area contributed by atoms with Crippen LogP contribution in [0.2, 0.25) is 0 Å². The Balaban J connectivity index is 2.20. The Labute approximate surface area is 120 Å². The molecular formula is C13H16BrN3O2. The SMILES string of the molecule is COc1cnc2c(c1)c(CCNC(=O)CBr)cn2C. The van der Waals surface area contributed by atoms with Crippen LogP contribution in [0.1, 0.15) is 5.56 Å². The highest BCUT2D eigenvalue weighted by Gasteiger charge is 2.09. The molecule has 1 N–H and O–H groups in total. The monoisotopic (exact) mass is 325 g/mol. The van der Waals surface area contributed by atoms with Crippen molar-refractivity contribution in [3.05, 3.63) is 24.0 Å². The summed E-state index contributed by atoms with van der Waals surface area (Å²) in [7, 11) is 3.59. The van der Waals surface area contributed by atoms with Gasteiger partial charge in [-0.25, -0.2) is 4.98 Å². The number of fused-ring (bicyclic) bond motifs is 1. The molecule has 0 unspecified atom stereocenters. The fraction of sp³-hybridized carbons (Fsp3) is 0.385. The number of methoxy groups -OCH3 is 1. The first-order valence-corrected chi connectivity index (χ1v) is 7.08. The number of aromatic nitrogens is 2. The quantitative estimate of drug-likeness (QED) is 0.850. The largest absolute Gasteiger partial charge is 0.495 e. The third-order valence-electron chi connectivity index (χ3n) is 2.94. The molecule has 19 heavy (non-hydrogen) atoms. The Morgan fingerprint density at radius 3 is 3.05 bits per heavy atom. The molecule has 2 heterocycles. The average Bonchev–Trinajstić information content (AvgIpc) is 2.74. The van der Waals surface area contributed by atoms with Gasteiger partial charge in [0.25, 0.3) is 0 Å². The number of aryl methyl sites for hydroxylation is 1. The lowest BCUT2D eigenvalue weighted by molar-refractivity contribution is -0.118. The summed E-state index contributed by atoms with van der Waals surface area (Å²) in [6.45, 7) is 0.612. The summed E-state index contributed by atoms with van der Waals surface area (Å²) in [5, 5.41) is 4.23. The van der Waals surface area contributed by atoms with Crippen LogP contribution in [0, 0.1) is 0 Å². The van der Waals surface area contributed by atoms with E-state index in [-0.39, 0.29) is 5.91 Å². The van der Waals surface area contributed by atoms with Crippen molar-refractivity contribution in [2.75, 3.05) is 19.0 Å². The van der Waals surface area contributed by atoms with Crippen LogP contribution in [0.5, 0.6) is 5.75 Å². The fourth-order valence-corrected chi connectivity index (χ4v) is 2.21. The summed E-state index contributed by atoms with van der Waals surface area (Å²) in [6, 6.07) is 1.98. The Hall–Kier alpha value is -1.56. The van der Waals surface area contributed by atoms with Crippen LogP contribution in [-0.2, 0) is 18.3 Å². The molecule has 0 aliphatic rings. The lowest BCUT2D eigenvalue weighted by Gasteiger charge is -2.03. The Morgan fingerprint density at radius 1 is 1.58 bits per heavy atom. The molecule has 2 aromatic rings. The number of hydrogen-bond donors (Lipinski definition) is 1. The first-order valence-electron chi connectivity index (χ1n) is 5.96. The number of nitrogens with one attached hydrogen (secondary N) is 1. The van der Waals surface area contributed by atoms with Gasteiger partial charge in [-0.3, -0.25) is 4.79 Å². The van der Waals surface area contributed by atoms with Crippen LogP contribution in [0.3, 0.4) is 0 Å². The van der Waals surface area contributed by atoms with Gasteiger partial charge in [0.05, 0.1) is 18.6 Å². The Morgan fingerprint density at radius 2 is 2.37 bits per heavy atom. The molecule has 0 atom stereocenters. The van der Waals surface area contributed by atoms with Crippen LogP contribution in [0.15, 0.2) is 18.5 Å². The fourth-order valence-electron chi connectivity index (χ4n) is 2.01. The van der Waals surface area contributed by atoms with Gasteiger partial charge in [-0.05, 0) is 18.1 Å². The molecule has 1 amide bonds. The van der Waals surface area contributed by atoms with Gasteiger partial charge < -0.3 is 14.6 Å². The Bertz CT molecular complexity index is 595. The second-order valence-corrected chi connectivity index (χ2v) is 4.81. The molecule has 0 radical (unpaired) electrons. The second kappa shape index (κ2) is 6.06.